The number of rotatable bonds is 2. The minimum atomic E-state index is -0.780. The third-order valence-electron chi connectivity index (χ3n) is 7.28. The summed E-state index contributed by atoms with van der Waals surface area (Å²) in [5.74, 6) is -0.642. The number of ether oxygens (including phenoxy) is 2. The number of nitrogens with one attached hydrogen (secondary N) is 1. The predicted molar refractivity (Wildman–Crippen MR) is 149 cm³/mol. The van der Waals surface area contributed by atoms with Crippen LogP contribution in [0.25, 0.3) is 0 Å². The fraction of sp³-hybridized carbons (Fsp3) is 0.600. The molecule has 5 atom stereocenters. The van der Waals surface area contributed by atoms with E-state index >= 15 is 0 Å². The van der Waals surface area contributed by atoms with Gasteiger partial charge in [-0.15, -0.1) is 0 Å². The molecule has 10 heteroatoms. The topological polar surface area (TPSA) is 131 Å². The molecule has 10 nitrogen and oxygen atoms in total. The van der Waals surface area contributed by atoms with Crippen molar-refractivity contribution in [1.29, 1.82) is 0 Å². The van der Waals surface area contributed by atoms with Gasteiger partial charge in [0, 0.05) is 32.5 Å². The molecule has 220 valence electrons. The minimum absolute atomic E-state index is 0.00573. The Morgan fingerprint density at radius 2 is 1.95 bits per heavy atom. The standard InChI is InChI=1S/C30H43N3O7/c1-18(2)28-20(4)11-12-25(35)31-13-7-9-19(3)15-22(34)16-23(38-6)17-26-32-27(21(5)39-26)29(36)33-14-8-10-24(33)30(37)40-28/h7,9,11-12,15,18,20,22-24,28,34H,8,10,13-14,16-17H2,1-6H3,(H,31,35)/b9-7+,12-11+,19-15+/t20-,22-,23?,24?,28-/m1/s1. The van der Waals surface area contributed by atoms with Crippen molar-refractivity contribution in [2.45, 2.75) is 84.7 Å². The molecule has 1 fully saturated rings. The Morgan fingerprint density at radius 3 is 2.65 bits per heavy atom. The number of fused-ring (bicyclic) bond motifs is 3. The van der Waals surface area contributed by atoms with Crippen molar-refractivity contribution in [2.75, 3.05) is 20.2 Å². The lowest BCUT2D eigenvalue weighted by Gasteiger charge is -2.29. The van der Waals surface area contributed by atoms with E-state index in [4.69, 9.17) is 13.9 Å². The SMILES string of the molecule is COC1Cc2nc(c(C)o2)C(=O)N2CCCC2C(=O)O[C@H](C(C)C)[C@H](C)/C=C/C(=O)NC/C=C/C(C)=C/[C@@H](O)C1. The number of aromatic nitrogens is 1. The van der Waals surface area contributed by atoms with Gasteiger partial charge in [0.25, 0.3) is 5.91 Å². The van der Waals surface area contributed by atoms with Crippen LogP contribution >= 0.6 is 0 Å². The normalized spacial score (nSPS) is 30.7. The number of aliphatic hydroxyl groups excluding tert-OH is 1. The number of oxazole rings is 1. The second kappa shape index (κ2) is 14.4. The second-order valence-electron chi connectivity index (χ2n) is 11.0. The lowest BCUT2D eigenvalue weighted by atomic mass is 9.94. The van der Waals surface area contributed by atoms with Crippen LogP contribution in [0.1, 0.15) is 69.1 Å². The first-order chi connectivity index (χ1) is 19.0. The third kappa shape index (κ3) is 8.38. The summed E-state index contributed by atoms with van der Waals surface area (Å²) >= 11 is 0. The molecule has 0 saturated carbocycles. The van der Waals surface area contributed by atoms with Crippen molar-refractivity contribution in [2.24, 2.45) is 11.8 Å². The molecule has 2 bridgehead atoms. The summed E-state index contributed by atoms with van der Waals surface area (Å²) in [6, 6.07) is -0.724. The molecule has 2 N–H and O–H groups in total. The molecule has 2 aliphatic rings. The molecule has 1 aromatic heterocycles. The fourth-order valence-electron chi connectivity index (χ4n) is 5.16. The number of carbonyl (C=O) groups excluding carboxylic acids is 3. The third-order valence-corrected chi connectivity index (χ3v) is 7.28. The molecule has 2 amide bonds. The van der Waals surface area contributed by atoms with Crippen LogP contribution in [0.2, 0.25) is 0 Å². The largest absolute Gasteiger partial charge is 0.460 e. The smallest absolute Gasteiger partial charge is 0.329 e. The summed E-state index contributed by atoms with van der Waals surface area (Å²) in [5, 5.41) is 13.4. The van der Waals surface area contributed by atoms with E-state index in [1.807, 2.05) is 33.8 Å². The van der Waals surface area contributed by atoms with Crippen LogP contribution in [-0.4, -0.2) is 77.3 Å². The Bertz CT molecular complexity index is 1140. The highest BCUT2D eigenvalue weighted by Crippen LogP contribution is 2.26. The zero-order valence-corrected chi connectivity index (χ0v) is 24.4. The molecule has 0 radical (unpaired) electrons. The Kier molecular flexibility index (Phi) is 11.3. The number of amides is 2. The highest BCUT2D eigenvalue weighted by Gasteiger charge is 2.39. The number of aliphatic hydroxyl groups is 1. The van der Waals surface area contributed by atoms with Crippen molar-refractivity contribution in [3.63, 3.8) is 0 Å². The van der Waals surface area contributed by atoms with Gasteiger partial charge in [0.1, 0.15) is 17.9 Å². The Balaban J connectivity index is 1.91. The van der Waals surface area contributed by atoms with Crippen LogP contribution < -0.4 is 5.32 Å². The maximum atomic E-state index is 13.5. The molecular weight excluding hydrogens is 514 g/mol. The van der Waals surface area contributed by atoms with Crippen LogP contribution in [0.5, 0.6) is 0 Å². The van der Waals surface area contributed by atoms with Gasteiger partial charge in [-0.2, -0.15) is 0 Å². The Morgan fingerprint density at radius 1 is 1.20 bits per heavy atom. The molecule has 1 saturated heterocycles. The van der Waals surface area contributed by atoms with Gasteiger partial charge in [-0.1, -0.05) is 50.6 Å². The van der Waals surface area contributed by atoms with Crippen molar-refractivity contribution < 1.29 is 33.4 Å². The van der Waals surface area contributed by atoms with Crippen LogP contribution in [0.3, 0.4) is 0 Å². The molecule has 3 heterocycles. The summed E-state index contributed by atoms with van der Waals surface area (Å²) < 4.78 is 17.3. The Labute approximate surface area is 236 Å². The van der Waals surface area contributed by atoms with Gasteiger partial charge in [0.05, 0.1) is 18.6 Å². The van der Waals surface area contributed by atoms with Crippen molar-refractivity contribution in [1.82, 2.24) is 15.2 Å². The van der Waals surface area contributed by atoms with Crippen LogP contribution in [0.15, 0.2) is 40.4 Å². The summed E-state index contributed by atoms with van der Waals surface area (Å²) in [5.41, 5.74) is 0.993. The number of allylic oxidation sites excluding steroid dienone is 2. The molecule has 3 rings (SSSR count). The molecule has 0 spiro atoms. The van der Waals surface area contributed by atoms with Crippen molar-refractivity contribution in [3.05, 3.63) is 53.3 Å². The number of cyclic esters (lactones) is 1. The number of nitrogens with zero attached hydrogens (tertiary/aromatic N) is 2. The van der Waals surface area contributed by atoms with E-state index < -0.39 is 30.3 Å². The number of aryl methyl sites for hydroxylation is 1. The van der Waals surface area contributed by atoms with Gasteiger partial charge in [-0.05, 0) is 38.7 Å². The average molecular weight is 558 g/mol. The first kappa shape index (κ1) is 31.3. The molecule has 1 aromatic rings. The number of hydrogen-bond donors (Lipinski definition) is 2. The minimum Gasteiger partial charge on any atom is -0.460 e. The highest BCUT2D eigenvalue weighted by atomic mass is 16.5. The van der Waals surface area contributed by atoms with E-state index in [1.54, 1.807) is 32.3 Å². The van der Waals surface area contributed by atoms with Crippen LogP contribution in [0, 0.1) is 18.8 Å². The van der Waals surface area contributed by atoms with Gasteiger partial charge < -0.3 is 29.2 Å². The first-order valence-electron chi connectivity index (χ1n) is 14.0. The van der Waals surface area contributed by atoms with E-state index in [1.165, 1.54) is 11.0 Å². The fourth-order valence-corrected chi connectivity index (χ4v) is 5.16. The predicted octanol–water partition coefficient (Wildman–Crippen LogP) is 3.29. The van der Waals surface area contributed by atoms with Gasteiger partial charge in [0.15, 0.2) is 11.6 Å². The maximum Gasteiger partial charge on any atom is 0.329 e. The monoisotopic (exact) mass is 557 g/mol. The summed E-state index contributed by atoms with van der Waals surface area (Å²) in [6.45, 7) is 10.1. The average Bonchev–Trinajstić information content (AvgIpc) is 3.53. The molecule has 0 aromatic carbocycles. The van der Waals surface area contributed by atoms with Crippen molar-refractivity contribution in [3.8, 4) is 0 Å². The summed E-state index contributed by atoms with van der Waals surface area (Å²) in [7, 11) is 1.55. The first-order valence-corrected chi connectivity index (χ1v) is 14.0. The summed E-state index contributed by atoms with van der Waals surface area (Å²) in [6.07, 6.45) is 8.60. The number of hydrogen-bond acceptors (Lipinski definition) is 8. The van der Waals surface area contributed by atoms with E-state index in [0.29, 0.717) is 44.0 Å². The lowest BCUT2D eigenvalue weighted by Crippen LogP contribution is -2.44. The maximum absolute atomic E-state index is 13.5. The summed E-state index contributed by atoms with van der Waals surface area (Å²) in [4.78, 5) is 45.1. The van der Waals surface area contributed by atoms with E-state index in [2.05, 4.69) is 10.3 Å². The molecule has 40 heavy (non-hydrogen) atoms. The quantitative estimate of drug-likeness (QED) is 0.530. The number of esters is 1. The molecular formula is C30H43N3O7. The van der Waals surface area contributed by atoms with Gasteiger partial charge in [0.2, 0.25) is 5.91 Å². The van der Waals surface area contributed by atoms with Gasteiger partial charge >= 0.3 is 5.97 Å². The zero-order chi connectivity index (χ0) is 29.4. The molecule has 2 unspecified atom stereocenters. The number of carbonyl (C=O) groups is 3. The van der Waals surface area contributed by atoms with Crippen molar-refractivity contribution >= 4 is 17.8 Å². The molecule has 2 aliphatic heterocycles. The van der Waals surface area contributed by atoms with Gasteiger partial charge in [-0.3, -0.25) is 9.59 Å². The van der Waals surface area contributed by atoms with E-state index in [0.717, 1.165) is 5.57 Å². The zero-order valence-electron chi connectivity index (χ0n) is 24.4. The van der Waals surface area contributed by atoms with Crippen LogP contribution in [-0.2, 0) is 25.5 Å². The van der Waals surface area contributed by atoms with Crippen LogP contribution in [0.4, 0.5) is 0 Å². The van der Waals surface area contributed by atoms with E-state index in [-0.39, 0.29) is 35.8 Å². The highest BCUT2D eigenvalue weighted by molar-refractivity contribution is 5.96. The van der Waals surface area contributed by atoms with E-state index in [9.17, 15) is 19.5 Å². The Hall–Kier alpha value is -3.24. The second-order valence-corrected chi connectivity index (χ2v) is 11.0. The molecule has 0 aliphatic carbocycles. The lowest BCUT2D eigenvalue weighted by molar-refractivity contribution is -0.158. The van der Waals surface area contributed by atoms with Gasteiger partial charge in [-0.25, -0.2) is 9.78 Å². The number of methoxy groups -OCH3 is 1.